The summed E-state index contributed by atoms with van der Waals surface area (Å²) >= 11 is 0. The Labute approximate surface area is 608 Å². The summed E-state index contributed by atoms with van der Waals surface area (Å²) in [7, 11) is -36.4. The highest BCUT2D eigenvalue weighted by Gasteiger charge is 2.62. The van der Waals surface area contributed by atoms with Crippen molar-refractivity contribution in [1.82, 2.24) is 14.8 Å². The number of aliphatic hydroxyl groups is 9. The van der Waals surface area contributed by atoms with E-state index < -0.39 is 319 Å². The Hall–Kier alpha value is -2.24. The molecule has 19 N–H and O–H groups in total. The van der Waals surface area contributed by atoms with Crippen LogP contribution in [0.1, 0.15) is 41.5 Å². The van der Waals surface area contributed by atoms with Gasteiger partial charge in [-0.1, -0.05) is 13.8 Å². The van der Waals surface area contributed by atoms with E-state index in [2.05, 4.69) is 17.9 Å². The maximum Gasteiger partial charge on any atom is 0.397 e. The summed E-state index contributed by atoms with van der Waals surface area (Å²) in [4.78, 5) is 12.4. The van der Waals surface area contributed by atoms with Gasteiger partial charge in [0.2, 0.25) is 5.91 Å². The summed E-state index contributed by atoms with van der Waals surface area (Å²) in [6.45, 7) is -6.84. The number of hydrogen-bond acceptors (Lipinski definition) is 40. The summed E-state index contributed by atoms with van der Waals surface area (Å²) in [5.74, 6) is -5.72. The van der Waals surface area contributed by atoms with E-state index in [1.54, 1.807) is 9.44 Å². The molecule has 5 fully saturated rings. The van der Waals surface area contributed by atoms with Crippen LogP contribution >= 0.6 is 0 Å². The third-order valence-corrected chi connectivity index (χ3v) is 21.6. The van der Waals surface area contributed by atoms with Crippen molar-refractivity contribution >= 4 is 78.5 Å². The lowest BCUT2D eigenvalue weighted by Gasteiger charge is -2.53. The van der Waals surface area contributed by atoms with Gasteiger partial charge in [-0.15, -0.1) is 0 Å². The Morgan fingerprint density at radius 2 is 0.774 bits per heavy atom. The van der Waals surface area contributed by atoms with E-state index in [1.807, 2.05) is 0 Å². The molecule has 5 rings (SSSR count). The summed E-state index contributed by atoms with van der Waals surface area (Å²) in [6.07, 6.45) is -35.0. The lowest BCUT2D eigenvalue weighted by Crippen LogP contribution is -2.70. The Morgan fingerprint density at radius 1 is 0.406 bits per heavy atom. The third-order valence-electron chi connectivity index (χ3n) is 18.3. The van der Waals surface area contributed by atoms with E-state index >= 15 is 0 Å². The molecule has 0 aromatic rings. The molecule has 5 aliphatic rings. The molecule has 5 heterocycles. The normalized spacial score (nSPS) is 38.4. The molecule has 25 atom stereocenters. The highest BCUT2D eigenvalue weighted by molar-refractivity contribution is 7.84. The predicted molar refractivity (Wildman–Crippen MR) is 337 cm³/mol. The van der Waals surface area contributed by atoms with Crippen LogP contribution in [0.5, 0.6) is 0 Å². The van der Waals surface area contributed by atoms with E-state index in [-0.39, 0.29) is 6.61 Å². The molecule has 0 aliphatic carbocycles. The van der Waals surface area contributed by atoms with Crippen LogP contribution < -0.4 is 14.8 Å². The molecule has 106 heavy (non-hydrogen) atoms. The zero-order valence-electron chi connectivity index (χ0n) is 57.1. The Morgan fingerprint density at radius 3 is 1.18 bits per heavy atom. The van der Waals surface area contributed by atoms with Crippen molar-refractivity contribution in [2.75, 3.05) is 100 Å². The first kappa shape index (κ1) is 94.4. The minimum absolute atomic E-state index is 0.327. The van der Waals surface area contributed by atoms with Gasteiger partial charge in [-0.05, 0) is 20.8 Å². The quantitative estimate of drug-likeness (QED) is 0.0200. The second-order valence-corrected chi connectivity index (χ2v) is 34.4. The van der Waals surface area contributed by atoms with Gasteiger partial charge < -0.3 is 103 Å². The number of hydrogen-bond donors (Lipinski definition) is 19. The van der Waals surface area contributed by atoms with Crippen LogP contribution in [0.25, 0.3) is 0 Å². The van der Waals surface area contributed by atoms with Crippen molar-refractivity contribution in [2.24, 2.45) is 28.6 Å². The van der Waals surface area contributed by atoms with Crippen molar-refractivity contribution < 1.29 is 215 Å². The molecule has 0 aromatic heterocycles. The highest BCUT2D eigenvalue weighted by Crippen LogP contribution is 2.45. The molecule has 0 saturated carbocycles. The summed E-state index contributed by atoms with van der Waals surface area (Å²) in [5.41, 5.74) is -11.3. The van der Waals surface area contributed by atoms with Crippen molar-refractivity contribution in [3.8, 4) is 0 Å². The molecular weight excluding hydrogens is 1610 g/mol. The lowest BCUT2D eigenvalue weighted by atomic mass is 9.73. The molecule has 50 nitrogen and oxygen atoms in total. The van der Waals surface area contributed by atoms with Gasteiger partial charge in [-0.25, -0.2) is 20.9 Å². The van der Waals surface area contributed by atoms with Gasteiger partial charge in [0.15, 0.2) is 12.6 Å². The van der Waals surface area contributed by atoms with Crippen LogP contribution in [0.2, 0.25) is 0 Å². The van der Waals surface area contributed by atoms with Crippen LogP contribution in [0.4, 0.5) is 0 Å². The van der Waals surface area contributed by atoms with Gasteiger partial charge >= 0.3 is 72.6 Å². The average Bonchev–Trinajstić information content (AvgIpc) is 0.768. The van der Waals surface area contributed by atoms with Crippen LogP contribution in [0.3, 0.4) is 0 Å². The molecule has 57 heteroatoms. The molecule has 0 spiro atoms. The number of carbonyl (C=O) groups is 1. The van der Waals surface area contributed by atoms with Gasteiger partial charge in [0.1, 0.15) is 59.5 Å². The van der Waals surface area contributed by atoms with Crippen LogP contribution in [-0.2, 0) is 150 Å². The second-order valence-electron chi connectivity index (χ2n) is 26.7. The van der Waals surface area contributed by atoms with Crippen LogP contribution in [-0.4, -0.2) is 376 Å². The first-order valence-electron chi connectivity index (χ1n) is 30.9. The van der Waals surface area contributed by atoms with E-state index in [4.69, 9.17) is 60.5 Å². The SMILES string of the molecule is COCC1C(COS(=O)(=O)O)OC(C)(COCC2(C)C(O)C(O)C(COCC3C(COS(=O)(=O)O)OC(C)(COCC4(C)C(O)C(OS(=O)(=O)O)C(COCC5C(COS(=O)(=O)O)OC(C)(COC)C(NS(=O)(=O)O)C5O)OC4C(O)O)C(NS(=O)(=O)O)C3OS(=O)(=O)O)OC2C(O)O)C(NC(C)=O)C1O. The number of aliphatic hydroxyl groups excluding tert-OH is 7. The van der Waals surface area contributed by atoms with Crippen molar-refractivity contribution in [1.29, 1.82) is 0 Å². The molecule has 0 bridgehead atoms. The fraction of sp³-hybridized carbons (Fsp3) is 0.980. The van der Waals surface area contributed by atoms with Crippen LogP contribution in [0.15, 0.2) is 0 Å². The monoisotopic (exact) mass is 1700 g/mol. The predicted octanol–water partition coefficient (Wildman–Crippen LogP) is -10.5. The van der Waals surface area contributed by atoms with Gasteiger partial charge in [0.25, 0.3) is 0 Å². The van der Waals surface area contributed by atoms with Crippen LogP contribution in [0, 0.1) is 28.6 Å². The highest BCUT2D eigenvalue weighted by atomic mass is 32.3. The van der Waals surface area contributed by atoms with E-state index in [9.17, 15) is 142 Å². The molecule has 0 aromatic carbocycles. The average molecular weight is 1700 g/mol. The molecule has 25 unspecified atom stereocenters. The number of methoxy groups -OCH3 is 2. The summed E-state index contributed by atoms with van der Waals surface area (Å²) < 4.78 is 328. The number of amides is 1. The first-order chi connectivity index (χ1) is 48.2. The molecule has 0 radical (unpaired) electrons. The summed E-state index contributed by atoms with van der Waals surface area (Å²) in [5, 5.41) is 104. The van der Waals surface area contributed by atoms with Gasteiger partial charge in [-0.2, -0.15) is 68.4 Å². The number of rotatable bonds is 40. The van der Waals surface area contributed by atoms with Gasteiger partial charge in [0, 0.05) is 38.9 Å². The van der Waals surface area contributed by atoms with E-state index in [0.29, 0.717) is 0 Å². The van der Waals surface area contributed by atoms with Crippen molar-refractivity contribution in [3.63, 3.8) is 0 Å². The smallest absolute Gasteiger partial charge is 0.391 e. The van der Waals surface area contributed by atoms with Crippen molar-refractivity contribution in [2.45, 2.75) is 175 Å². The number of ether oxygens (including phenoxy) is 11. The van der Waals surface area contributed by atoms with Gasteiger partial charge in [-0.3, -0.25) is 36.7 Å². The molecular formula is C49H91N3O47S7. The fourth-order valence-corrected chi connectivity index (χ4v) is 16.8. The Bertz CT molecular complexity index is 3740. The third kappa shape index (κ3) is 25.9. The topological polar surface area (TPSA) is 764 Å². The Balaban J connectivity index is 1.43. The maximum absolute atomic E-state index is 12.8. The first-order valence-corrected chi connectivity index (χ1v) is 40.6. The van der Waals surface area contributed by atoms with E-state index in [1.165, 1.54) is 14.0 Å². The fourth-order valence-electron chi connectivity index (χ4n) is 13.4. The van der Waals surface area contributed by atoms with Gasteiger partial charge in [0.05, 0.1) is 158 Å². The number of nitrogens with one attached hydrogen (secondary N) is 3. The molecule has 1 amide bonds. The second kappa shape index (κ2) is 36.5. The maximum atomic E-state index is 12.8. The standard InChI is InChI=1S/C49H91N3O47S7/c1-22(53)50-36-31(54)23(9-84-7)26(14-90-102(69,70)71)96-48(36,5)20-88-17-45(2)39(57)33(56)29(93-41(45)43(59)60)12-87-11-25-28(16-92-104(75,76)77)97-49(6,38(52-101(66,67)68)34(25)98-105(78,79)80)21-89-18-46(3)40(58)35(99-106(81,82)83)30(94-42(46)44(61)62)13-86-10-24-27(15-91-103(72,73)74)95-47(4,19-85-8)37(32(24)55)51-100(63,64)65/h23-44,51-52,54-62H,9-21H2,1-8H3,(H,50,53)(H,63,64,65)(H,66,67,68)(H,69,70,71)(H,72,73,74)(H,75,76,77)(H,78,79,80)(H,81,82,83). The largest absolute Gasteiger partial charge is 0.397 e. The Kier molecular flexibility index (Phi) is 32.5. The minimum Gasteiger partial charge on any atom is -0.391 e. The number of carbonyl (C=O) groups excluding carboxylic acids is 1. The summed E-state index contributed by atoms with van der Waals surface area (Å²) in [6, 6.07) is -5.83. The molecule has 5 saturated heterocycles. The molecule has 626 valence electrons. The zero-order valence-corrected chi connectivity index (χ0v) is 62.8. The van der Waals surface area contributed by atoms with Crippen molar-refractivity contribution in [3.05, 3.63) is 0 Å². The lowest BCUT2D eigenvalue weighted by molar-refractivity contribution is -0.307. The van der Waals surface area contributed by atoms with E-state index in [0.717, 1.165) is 41.7 Å². The zero-order chi connectivity index (χ0) is 80.9. The molecule has 5 aliphatic heterocycles. The minimum atomic E-state index is -5.96.